The standard InChI is InChI=1S/C32H25ClF3N5O2/c1-18(2)19-7-9-20(10-8-19)24-16-29(32(34,35)36)41-30(37-24)17-26(39-41)31(43)40-27(23-5-3-4-6-28(23)42)15-25(38-40)21-11-13-22(33)14-12-21/h3-14,16-18,27,42H,15H2,1-2H3/t27-/m1/s1. The molecule has 3 aromatic carbocycles. The molecule has 2 aromatic heterocycles. The normalized spacial score (nSPS) is 15.4. The van der Waals surface area contributed by atoms with Crippen LogP contribution in [-0.2, 0) is 6.18 Å². The van der Waals surface area contributed by atoms with E-state index in [0.717, 1.165) is 16.6 Å². The molecule has 0 spiro atoms. The van der Waals surface area contributed by atoms with Crippen molar-refractivity contribution in [1.82, 2.24) is 19.6 Å². The number of halogens is 4. The Bertz CT molecular complexity index is 1870. The van der Waals surface area contributed by atoms with Gasteiger partial charge in [-0.1, -0.05) is 80.0 Å². The van der Waals surface area contributed by atoms with E-state index in [2.05, 4.69) is 15.2 Å². The van der Waals surface area contributed by atoms with E-state index in [9.17, 15) is 23.1 Å². The van der Waals surface area contributed by atoms with Crippen LogP contribution in [0.2, 0.25) is 5.02 Å². The first-order chi connectivity index (χ1) is 20.5. The van der Waals surface area contributed by atoms with Crippen LogP contribution in [0.4, 0.5) is 13.2 Å². The fraction of sp³-hybridized carbons (Fsp3) is 0.188. The lowest BCUT2D eigenvalue weighted by Gasteiger charge is -2.21. The number of fused-ring (bicyclic) bond motifs is 1. The van der Waals surface area contributed by atoms with Crippen LogP contribution in [0.5, 0.6) is 5.75 Å². The van der Waals surface area contributed by atoms with Crippen molar-refractivity contribution in [1.29, 1.82) is 0 Å². The highest BCUT2D eigenvalue weighted by Crippen LogP contribution is 2.38. The minimum absolute atomic E-state index is 0.0398. The summed E-state index contributed by atoms with van der Waals surface area (Å²) in [7, 11) is 0. The van der Waals surface area contributed by atoms with Gasteiger partial charge in [0.15, 0.2) is 17.0 Å². The van der Waals surface area contributed by atoms with E-state index in [1.807, 2.05) is 26.0 Å². The summed E-state index contributed by atoms with van der Waals surface area (Å²) in [5.74, 6) is -0.519. The van der Waals surface area contributed by atoms with Crippen molar-refractivity contribution in [3.8, 4) is 17.0 Å². The molecule has 0 radical (unpaired) electrons. The van der Waals surface area contributed by atoms with Crippen LogP contribution < -0.4 is 0 Å². The molecule has 218 valence electrons. The summed E-state index contributed by atoms with van der Waals surface area (Å²) in [5.41, 5.74) is 1.87. The first kappa shape index (κ1) is 28.4. The number of aromatic nitrogens is 3. The van der Waals surface area contributed by atoms with E-state index < -0.39 is 23.8 Å². The summed E-state index contributed by atoms with van der Waals surface area (Å²) in [5, 5.41) is 20.9. The van der Waals surface area contributed by atoms with Crippen LogP contribution in [0.1, 0.15) is 65.1 Å². The smallest absolute Gasteiger partial charge is 0.433 e. The van der Waals surface area contributed by atoms with E-state index in [4.69, 9.17) is 11.6 Å². The Balaban J connectivity index is 1.44. The molecule has 43 heavy (non-hydrogen) atoms. The predicted molar refractivity (Wildman–Crippen MR) is 157 cm³/mol. The number of hydrogen-bond acceptors (Lipinski definition) is 5. The van der Waals surface area contributed by atoms with E-state index in [-0.39, 0.29) is 35.1 Å². The molecule has 3 heterocycles. The van der Waals surface area contributed by atoms with Crippen molar-refractivity contribution < 1.29 is 23.1 Å². The van der Waals surface area contributed by atoms with Gasteiger partial charge in [0.05, 0.1) is 17.4 Å². The molecule has 1 aliphatic rings. The van der Waals surface area contributed by atoms with Gasteiger partial charge in [0.1, 0.15) is 5.75 Å². The summed E-state index contributed by atoms with van der Waals surface area (Å²) in [4.78, 5) is 18.3. The molecule has 1 amide bonds. The third-order valence-corrected chi connectivity index (χ3v) is 7.65. The topological polar surface area (TPSA) is 83.1 Å². The molecule has 0 fully saturated rings. The van der Waals surface area contributed by atoms with Crippen LogP contribution in [0.25, 0.3) is 16.9 Å². The maximum Gasteiger partial charge on any atom is 0.433 e. The third-order valence-electron chi connectivity index (χ3n) is 7.40. The fourth-order valence-electron chi connectivity index (χ4n) is 5.11. The minimum Gasteiger partial charge on any atom is -0.508 e. The first-order valence-electron chi connectivity index (χ1n) is 13.5. The number of carbonyl (C=O) groups excluding carboxylic acids is 1. The minimum atomic E-state index is -4.77. The van der Waals surface area contributed by atoms with Gasteiger partial charge >= 0.3 is 6.18 Å². The molecule has 1 atom stereocenters. The number of carbonyl (C=O) groups is 1. The molecule has 7 nitrogen and oxygen atoms in total. The van der Waals surface area contributed by atoms with E-state index in [1.54, 1.807) is 54.6 Å². The lowest BCUT2D eigenvalue weighted by Crippen LogP contribution is -2.27. The summed E-state index contributed by atoms with van der Waals surface area (Å²) in [6, 6.07) is 22.0. The number of hydrogen-bond donors (Lipinski definition) is 1. The van der Waals surface area contributed by atoms with Crippen molar-refractivity contribution in [2.24, 2.45) is 5.10 Å². The first-order valence-corrected chi connectivity index (χ1v) is 13.9. The van der Waals surface area contributed by atoms with Gasteiger partial charge < -0.3 is 5.11 Å². The van der Waals surface area contributed by atoms with Gasteiger partial charge in [-0.3, -0.25) is 4.79 Å². The Labute approximate surface area is 249 Å². The van der Waals surface area contributed by atoms with E-state index in [0.29, 0.717) is 31.9 Å². The highest BCUT2D eigenvalue weighted by Gasteiger charge is 2.38. The van der Waals surface area contributed by atoms with E-state index in [1.165, 1.54) is 12.1 Å². The second-order valence-electron chi connectivity index (χ2n) is 10.6. The quantitative estimate of drug-likeness (QED) is 0.221. The van der Waals surface area contributed by atoms with Gasteiger partial charge in [-0.05, 0) is 41.3 Å². The molecule has 0 unspecified atom stereocenters. The SMILES string of the molecule is CC(C)c1ccc(-c2cc(C(F)(F)F)n3nc(C(=O)N4N=C(c5ccc(Cl)cc5)C[C@@H]4c4ccccc4O)cc3n2)cc1. The molecule has 1 aliphatic heterocycles. The van der Waals surface area contributed by atoms with Gasteiger partial charge in [0.2, 0.25) is 0 Å². The van der Waals surface area contributed by atoms with Crippen molar-refractivity contribution >= 4 is 28.9 Å². The molecule has 0 bridgehead atoms. The lowest BCUT2D eigenvalue weighted by molar-refractivity contribution is -0.142. The molecule has 6 rings (SSSR count). The van der Waals surface area contributed by atoms with Gasteiger partial charge in [-0.15, -0.1) is 0 Å². The van der Waals surface area contributed by atoms with Gasteiger partial charge in [0.25, 0.3) is 5.91 Å². The molecule has 11 heteroatoms. The highest BCUT2D eigenvalue weighted by molar-refractivity contribution is 6.30. The molecule has 0 saturated heterocycles. The Hall–Kier alpha value is -4.70. The maximum absolute atomic E-state index is 14.2. The number of phenols is 1. The second-order valence-corrected chi connectivity index (χ2v) is 11.0. The molecular weight excluding hydrogens is 579 g/mol. The van der Waals surface area contributed by atoms with Crippen LogP contribution in [0, 0.1) is 0 Å². The lowest BCUT2D eigenvalue weighted by atomic mass is 9.97. The third kappa shape index (κ3) is 5.46. The average molecular weight is 604 g/mol. The van der Waals surface area contributed by atoms with Crippen LogP contribution in [-0.4, -0.2) is 36.3 Å². The number of alkyl halides is 3. The number of aromatic hydroxyl groups is 1. The summed E-state index contributed by atoms with van der Waals surface area (Å²) in [6.07, 6.45) is -4.52. The zero-order valence-electron chi connectivity index (χ0n) is 23.0. The number of nitrogens with zero attached hydrogens (tertiary/aromatic N) is 5. The number of amides is 1. The van der Waals surface area contributed by atoms with Crippen LogP contribution >= 0.6 is 11.6 Å². The Morgan fingerprint density at radius 1 is 0.977 bits per heavy atom. The van der Waals surface area contributed by atoms with Gasteiger partial charge in [0, 0.05) is 28.6 Å². The van der Waals surface area contributed by atoms with Crippen LogP contribution in [0.15, 0.2) is 90.0 Å². The average Bonchev–Trinajstić information content (AvgIpc) is 3.61. The molecule has 5 aromatic rings. The number of rotatable bonds is 5. The summed E-state index contributed by atoms with van der Waals surface area (Å²) in [6.45, 7) is 4.05. The number of hydrazone groups is 1. The molecule has 0 saturated carbocycles. The van der Waals surface area contributed by atoms with Crippen molar-refractivity contribution in [2.45, 2.75) is 38.4 Å². The predicted octanol–water partition coefficient (Wildman–Crippen LogP) is 7.89. The van der Waals surface area contributed by atoms with Crippen molar-refractivity contribution in [3.05, 3.63) is 118 Å². The summed E-state index contributed by atoms with van der Waals surface area (Å²) >= 11 is 6.04. The maximum atomic E-state index is 14.2. The zero-order valence-corrected chi connectivity index (χ0v) is 23.8. The highest BCUT2D eigenvalue weighted by atomic mass is 35.5. The molecular formula is C32H25ClF3N5O2. The number of benzene rings is 3. The Morgan fingerprint density at radius 3 is 2.30 bits per heavy atom. The Kier molecular flexibility index (Phi) is 7.17. The zero-order chi connectivity index (χ0) is 30.5. The number of para-hydroxylation sites is 1. The largest absolute Gasteiger partial charge is 0.508 e. The van der Waals surface area contributed by atoms with Crippen LogP contribution in [0.3, 0.4) is 0 Å². The molecule has 0 aliphatic carbocycles. The van der Waals surface area contributed by atoms with Gasteiger partial charge in [-0.2, -0.15) is 23.4 Å². The number of phenolic OH excluding ortho intramolecular Hbond substituents is 1. The monoisotopic (exact) mass is 603 g/mol. The van der Waals surface area contributed by atoms with Crippen molar-refractivity contribution in [2.75, 3.05) is 0 Å². The fourth-order valence-corrected chi connectivity index (χ4v) is 5.24. The second kappa shape index (κ2) is 10.9. The molecule has 1 N–H and O–H groups in total. The Morgan fingerprint density at radius 2 is 1.65 bits per heavy atom. The van der Waals surface area contributed by atoms with Crippen molar-refractivity contribution in [3.63, 3.8) is 0 Å². The van der Waals surface area contributed by atoms with Gasteiger partial charge in [-0.25, -0.2) is 14.5 Å². The van der Waals surface area contributed by atoms with E-state index >= 15 is 0 Å². The summed E-state index contributed by atoms with van der Waals surface area (Å²) < 4.78 is 43.4.